The van der Waals surface area contributed by atoms with Crippen LogP contribution in [0.25, 0.3) is 0 Å². The van der Waals surface area contributed by atoms with Gasteiger partial charge in [-0.05, 0) is 86.1 Å². The predicted octanol–water partition coefficient (Wildman–Crippen LogP) is 4.22. The van der Waals surface area contributed by atoms with Gasteiger partial charge >= 0.3 is 18.2 Å². The molecule has 0 spiro atoms. The minimum absolute atomic E-state index is 0.0676. The molecule has 0 saturated carbocycles. The van der Waals surface area contributed by atoms with E-state index >= 15 is 0 Å². The zero-order valence-electron chi connectivity index (χ0n) is 26.4. The minimum atomic E-state index is -1.24. The molecule has 0 aromatic heterocycles. The monoisotopic (exact) mass is 610 g/mol. The van der Waals surface area contributed by atoms with Crippen LogP contribution in [0.3, 0.4) is 0 Å². The Labute approximate surface area is 254 Å². The molecule has 1 aromatic carbocycles. The van der Waals surface area contributed by atoms with Crippen LogP contribution in [-0.2, 0) is 9.47 Å². The summed E-state index contributed by atoms with van der Waals surface area (Å²) in [4.78, 5) is 48.2. The number of aromatic carboxylic acids is 1. The van der Waals surface area contributed by atoms with Crippen LogP contribution in [0.1, 0.15) is 101 Å². The van der Waals surface area contributed by atoms with Crippen LogP contribution >= 0.6 is 0 Å². The number of nitrogens with two attached hydrogens (primary N) is 1. The van der Waals surface area contributed by atoms with E-state index in [0.717, 1.165) is 12.8 Å². The Morgan fingerprint density at radius 3 is 1.56 bits per heavy atom. The quantitative estimate of drug-likeness (QED) is 0.151. The van der Waals surface area contributed by atoms with E-state index in [0.29, 0.717) is 38.8 Å². The van der Waals surface area contributed by atoms with Crippen molar-refractivity contribution in [2.24, 2.45) is 5.73 Å². The summed E-state index contributed by atoms with van der Waals surface area (Å²) in [5, 5.41) is 17.8. The van der Waals surface area contributed by atoms with Gasteiger partial charge in [-0.1, -0.05) is 0 Å². The van der Waals surface area contributed by atoms with E-state index in [2.05, 4.69) is 16.0 Å². The van der Waals surface area contributed by atoms with E-state index in [4.69, 9.17) is 24.7 Å². The van der Waals surface area contributed by atoms with Crippen molar-refractivity contribution in [3.63, 3.8) is 0 Å². The van der Waals surface area contributed by atoms with Crippen LogP contribution in [-0.4, -0.2) is 79.8 Å². The Morgan fingerprint density at radius 2 is 1.14 bits per heavy atom. The fraction of sp³-hybridized carbons (Fsp3) is 0.667. The highest BCUT2D eigenvalue weighted by Crippen LogP contribution is 2.30. The minimum Gasteiger partial charge on any atom is -0.493 e. The molecule has 0 fully saturated rings. The molecule has 244 valence electrons. The number of benzene rings is 1. The molecule has 0 bridgehead atoms. The Bertz CT molecular complexity index is 1050. The normalized spacial score (nSPS) is 11.3. The van der Waals surface area contributed by atoms with Crippen LogP contribution < -0.4 is 31.2 Å². The lowest BCUT2D eigenvalue weighted by Crippen LogP contribution is -2.33. The average Bonchev–Trinajstić information content (AvgIpc) is 2.88. The maximum Gasteiger partial charge on any atom is 0.407 e. The summed E-state index contributed by atoms with van der Waals surface area (Å²) in [7, 11) is 0. The van der Waals surface area contributed by atoms with Crippen LogP contribution in [0.2, 0.25) is 0 Å². The summed E-state index contributed by atoms with van der Waals surface area (Å²) >= 11 is 0. The molecule has 43 heavy (non-hydrogen) atoms. The molecule has 13 nitrogen and oxygen atoms in total. The summed E-state index contributed by atoms with van der Waals surface area (Å²) in [6, 6.07) is 2.67. The van der Waals surface area contributed by atoms with E-state index in [1.165, 1.54) is 12.1 Å². The predicted molar refractivity (Wildman–Crippen MR) is 162 cm³/mol. The van der Waals surface area contributed by atoms with Gasteiger partial charge < -0.3 is 45.7 Å². The molecule has 0 saturated heterocycles. The first-order valence-corrected chi connectivity index (χ1v) is 14.7. The molecule has 0 aliphatic rings. The number of unbranched alkanes of at least 4 members (excludes halogenated alkanes) is 4. The van der Waals surface area contributed by atoms with Gasteiger partial charge in [-0.2, -0.15) is 0 Å². The second-order valence-electron chi connectivity index (χ2n) is 11.9. The fourth-order valence-electron chi connectivity index (χ4n) is 3.61. The number of carbonyl (C=O) groups excluding carboxylic acids is 3. The summed E-state index contributed by atoms with van der Waals surface area (Å²) in [6.45, 7) is 12.6. The number of hydrogen-bond acceptors (Lipinski definition) is 9. The van der Waals surface area contributed by atoms with Gasteiger partial charge in [0.25, 0.3) is 5.91 Å². The van der Waals surface area contributed by atoms with Crippen molar-refractivity contribution < 1.29 is 43.2 Å². The molecule has 0 radical (unpaired) electrons. The van der Waals surface area contributed by atoms with Gasteiger partial charge in [0.2, 0.25) is 0 Å². The lowest BCUT2D eigenvalue weighted by Gasteiger charge is -2.19. The highest BCUT2D eigenvalue weighted by atomic mass is 16.6. The van der Waals surface area contributed by atoms with Crippen LogP contribution in [0.4, 0.5) is 9.59 Å². The lowest BCUT2D eigenvalue weighted by molar-refractivity contribution is 0.0515. The van der Waals surface area contributed by atoms with Crippen molar-refractivity contribution in [2.75, 3.05) is 39.4 Å². The third-order valence-electron chi connectivity index (χ3n) is 5.48. The number of carboxylic acids is 1. The molecule has 0 aliphatic heterocycles. The summed E-state index contributed by atoms with van der Waals surface area (Å²) in [5.74, 6) is -1.46. The van der Waals surface area contributed by atoms with Crippen molar-refractivity contribution in [1.82, 2.24) is 16.0 Å². The Balaban J connectivity index is 2.71. The van der Waals surface area contributed by atoms with Gasteiger partial charge in [-0.15, -0.1) is 0 Å². The summed E-state index contributed by atoms with van der Waals surface area (Å²) in [5.41, 5.74) is 4.27. The highest BCUT2D eigenvalue weighted by molar-refractivity contribution is 6.01. The Morgan fingerprint density at radius 1 is 0.674 bits per heavy atom. The van der Waals surface area contributed by atoms with E-state index in [9.17, 15) is 24.3 Å². The van der Waals surface area contributed by atoms with E-state index in [1.807, 2.05) is 0 Å². The van der Waals surface area contributed by atoms with Crippen molar-refractivity contribution in [2.45, 2.75) is 91.3 Å². The number of amides is 3. The Hall–Kier alpha value is -3.74. The molecule has 0 aliphatic carbocycles. The molecule has 0 heterocycles. The van der Waals surface area contributed by atoms with E-state index < -0.39 is 35.3 Å². The van der Waals surface area contributed by atoms with E-state index in [-0.39, 0.29) is 48.9 Å². The molecule has 13 heteroatoms. The lowest BCUT2D eigenvalue weighted by atomic mass is 10.1. The summed E-state index contributed by atoms with van der Waals surface area (Å²) < 4.78 is 22.1. The maximum atomic E-state index is 12.8. The number of ether oxygens (including phenoxy) is 4. The van der Waals surface area contributed by atoms with Gasteiger partial charge in [0.05, 0.1) is 18.8 Å². The van der Waals surface area contributed by atoms with Crippen molar-refractivity contribution in [3.8, 4) is 11.5 Å². The first kappa shape index (κ1) is 37.3. The van der Waals surface area contributed by atoms with Crippen molar-refractivity contribution in [1.29, 1.82) is 0 Å². The first-order chi connectivity index (χ1) is 20.1. The fourth-order valence-corrected chi connectivity index (χ4v) is 3.61. The third kappa shape index (κ3) is 17.1. The number of hydrogen-bond donors (Lipinski definition) is 5. The van der Waals surface area contributed by atoms with Gasteiger partial charge in [0.15, 0.2) is 0 Å². The third-order valence-corrected chi connectivity index (χ3v) is 5.48. The molecule has 3 amide bonds. The van der Waals surface area contributed by atoms with Crippen LogP contribution in [0, 0.1) is 0 Å². The number of rotatable bonds is 18. The second kappa shape index (κ2) is 18.7. The zero-order valence-corrected chi connectivity index (χ0v) is 26.4. The van der Waals surface area contributed by atoms with Crippen LogP contribution in [0.15, 0.2) is 12.1 Å². The number of nitrogens with one attached hydrogen (secondary N) is 3. The molecule has 0 unspecified atom stereocenters. The Kier molecular flexibility index (Phi) is 16.2. The van der Waals surface area contributed by atoms with Gasteiger partial charge in [0, 0.05) is 32.2 Å². The standard InChI is InChI=1S/C30H50N4O9/c1-29(2,3)42-27(38)33-14-9-7-11-17-40-23-20-24(22(26(36)37)19-21(23)25(35)32-16-13-31)41-18-12-8-10-15-34-28(39)43-30(4,5)6/h19-20H,7-18,31H2,1-6H3,(H,32,35)(H,33,38)(H,34,39)(H,36,37). The molecule has 6 N–H and O–H groups in total. The SMILES string of the molecule is CC(C)(C)OC(=O)NCCCCCOc1cc(OCCCCCNC(=O)OC(C)(C)C)c(C(=O)NCCN)cc1C(=O)O. The number of alkyl carbamates (subject to hydrolysis) is 2. The smallest absolute Gasteiger partial charge is 0.407 e. The van der Waals surface area contributed by atoms with Crippen molar-refractivity contribution >= 4 is 24.1 Å². The molecular formula is C30H50N4O9. The number of carboxylic acid groups (broad SMARTS) is 1. The van der Waals surface area contributed by atoms with Gasteiger partial charge in [-0.3, -0.25) is 4.79 Å². The maximum absolute atomic E-state index is 12.8. The average molecular weight is 611 g/mol. The van der Waals surface area contributed by atoms with Gasteiger partial charge in [0.1, 0.15) is 28.3 Å². The number of carbonyl (C=O) groups is 4. The molecule has 1 aromatic rings. The van der Waals surface area contributed by atoms with Gasteiger partial charge in [-0.25, -0.2) is 14.4 Å². The zero-order chi connectivity index (χ0) is 32.5. The van der Waals surface area contributed by atoms with Crippen molar-refractivity contribution in [3.05, 3.63) is 23.3 Å². The highest BCUT2D eigenvalue weighted by Gasteiger charge is 2.22. The first-order valence-electron chi connectivity index (χ1n) is 14.7. The molecule has 1 rings (SSSR count). The molecule has 0 atom stereocenters. The summed E-state index contributed by atoms with van der Waals surface area (Å²) in [6.07, 6.45) is 3.15. The molecular weight excluding hydrogens is 560 g/mol. The topological polar surface area (TPSA) is 188 Å². The van der Waals surface area contributed by atoms with Crippen LogP contribution in [0.5, 0.6) is 11.5 Å². The second-order valence-corrected chi connectivity index (χ2v) is 11.9. The largest absolute Gasteiger partial charge is 0.493 e. The van der Waals surface area contributed by atoms with E-state index in [1.54, 1.807) is 41.5 Å².